The van der Waals surface area contributed by atoms with Gasteiger partial charge >= 0.3 is 0 Å². The number of benzene rings is 7. The van der Waals surface area contributed by atoms with Crippen molar-refractivity contribution in [3.05, 3.63) is 234 Å². The molecule has 2 saturated heterocycles. The van der Waals surface area contributed by atoms with Crippen molar-refractivity contribution in [1.82, 2.24) is 0 Å². The van der Waals surface area contributed by atoms with Gasteiger partial charge in [-0.05, 0) is 143 Å². The number of Topliss-reactive ketones (excluding diaryl/α,β-unsaturated/α-hetero) is 1. The lowest BCUT2D eigenvalue weighted by atomic mass is 10.1. The van der Waals surface area contributed by atoms with Gasteiger partial charge in [0.2, 0.25) is 11.6 Å². The molecule has 0 saturated carbocycles. The van der Waals surface area contributed by atoms with Crippen molar-refractivity contribution in [3.63, 3.8) is 0 Å². The summed E-state index contributed by atoms with van der Waals surface area (Å²) < 4.78 is 16.6. The molecule has 2 unspecified atom stereocenters. The standard InChI is InChI=1S/C58H46N2O6/c1-3-53(61)37-64-54-35-33-52(34-36-54)60(50-29-19-45(20-30-50)57-39-66-57)48-25-15-43(16-26-48)12-10-41-7-5-40(6-8-41)9-11-42-13-23-47(24-14-42)59(49-27-17-44(18-28-49)56-38-65-56)51-31-21-46(22-32-51)58(63)55(62)4-2/h3-36,56-57H,1-2,37-39H2. The first-order chi connectivity index (χ1) is 32.3. The number of carbonyl (C=O) groups excluding carboxylic acids is 3. The zero-order chi connectivity index (χ0) is 45.4. The van der Waals surface area contributed by atoms with E-state index in [4.69, 9.17) is 14.2 Å². The third kappa shape index (κ3) is 10.4. The molecule has 0 amide bonds. The fraction of sp³-hybridized carbons (Fsp3) is 0.0862. The van der Waals surface area contributed by atoms with Gasteiger partial charge in [-0.1, -0.05) is 110 Å². The second-order valence-electron chi connectivity index (χ2n) is 15.9. The van der Waals surface area contributed by atoms with E-state index in [2.05, 4.69) is 169 Å². The molecular formula is C58H46N2O6. The summed E-state index contributed by atoms with van der Waals surface area (Å²) in [5, 5.41) is 0. The Hall–Kier alpha value is -8.17. The first kappa shape index (κ1) is 43.1. The second-order valence-corrected chi connectivity index (χ2v) is 15.9. The molecule has 8 nitrogen and oxygen atoms in total. The molecule has 2 fully saturated rings. The second kappa shape index (κ2) is 19.7. The number of hydrogen-bond acceptors (Lipinski definition) is 8. The molecular weight excluding hydrogens is 821 g/mol. The molecule has 0 N–H and O–H groups in total. The monoisotopic (exact) mass is 866 g/mol. The number of rotatable bonds is 19. The average Bonchev–Trinajstić information content (AvgIpc) is 4.32. The molecule has 9 rings (SSSR count). The number of allylic oxidation sites excluding steroid dienone is 1. The molecule has 2 heterocycles. The highest BCUT2D eigenvalue weighted by atomic mass is 16.6. The molecule has 2 aliphatic heterocycles. The lowest BCUT2D eigenvalue weighted by molar-refractivity contribution is -0.116. The summed E-state index contributed by atoms with van der Waals surface area (Å²) in [4.78, 5) is 40.5. The quantitative estimate of drug-likeness (QED) is 0.0261. The average molecular weight is 867 g/mol. The number of nitrogens with zero attached hydrogens (tertiary/aromatic N) is 2. The Labute approximate surface area is 384 Å². The van der Waals surface area contributed by atoms with Gasteiger partial charge in [0, 0.05) is 39.7 Å². The van der Waals surface area contributed by atoms with Gasteiger partial charge in [-0.2, -0.15) is 0 Å². The highest BCUT2D eigenvalue weighted by Crippen LogP contribution is 2.39. The summed E-state index contributed by atoms with van der Waals surface area (Å²) in [7, 11) is 0. The Morgan fingerprint density at radius 2 is 0.788 bits per heavy atom. The minimum absolute atomic E-state index is 0.0492. The van der Waals surface area contributed by atoms with E-state index in [1.54, 1.807) is 12.1 Å². The number of anilines is 6. The predicted octanol–water partition coefficient (Wildman–Crippen LogP) is 13.2. The summed E-state index contributed by atoms with van der Waals surface area (Å²) in [5.41, 5.74) is 12.6. The van der Waals surface area contributed by atoms with Crippen LogP contribution >= 0.6 is 0 Å². The van der Waals surface area contributed by atoms with Crippen LogP contribution in [-0.2, 0) is 19.1 Å². The Bertz CT molecular complexity index is 2910. The first-order valence-corrected chi connectivity index (χ1v) is 21.7. The molecule has 0 aromatic heterocycles. The van der Waals surface area contributed by atoms with Crippen LogP contribution in [0, 0.1) is 0 Å². The third-order valence-corrected chi connectivity index (χ3v) is 11.4. The summed E-state index contributed by atoms with van der Waals surface area (Å²) in [6, 6.07) is 56.7. The minimum atomic E-state index is -0.633. The SMILES string of the molecule is C=CC(=O)COc1ccc(N(c2ccc(C=Cc3ccc(C=Cc4ccc(N(c5ccc(C(=O)C(=O)C=C)cc5)c5ccc(C6CO6)cc5)cc4)cc3)cc2)c2ccc(C3CO3)cc2)cc1. The summed E-state index contributed by atoms with van der Waals surface area (Å²) in [6.45, 7) is 8.40. The minimum Gasteiger partial charge on any atom is -0.485 e. The van der Waals surface area contributed by atoms with Crippen molar-refractivity contribution in [3.8, 4) is 5.75 Å². The van der Waals surface area contributed by atoms with Crippen LogP contribution in [0.3, 0.4) is 0 Å². The zero-order valence-corrected chi connectivity index (χ0v) is 36.2. The third-order valence-electron chi connectivity index (χ3n) is 11.4. The molecule has 0 bridgehead atoms. The van der Waals surface area contributed by atoms with Gasteiger partial charge in [-0.25, -0.2) is 0 Å². The normalized spacial score (nSPS) is 15.0. The topological polar surface area (TPSA) is 92.0 Å². The molecule has 0 aliphatic carbocycles. The summed E-state index contributed by atoms with van der Waals surface area (Å²) in [5.74, 6) is -0.778. The largest absolute Gasteiger partial charge is 0.485 e. The van der Waals surface area contributed by atoms with Gasteiger partial charge in [0.15, 0.2) is 12.4 Å². The molecule has 324 valence electrons. The van der Waals surface area contributed by atoms with Crippen molar-refractivity contribution in [1.29, 1.82) is 0 Å². The molecule has 66 heavy (non-hydrogen) atoms. The molecule has 8 heteroatoms. The maximum absolute atomic E-state index is 12.5. The number of epoxide rings is 2. The lowest BCUT2D eigenvalue weighted by Gasteiger charge is -2.26. The predicted molar refractivity (Wildman–Crippen MR) is 264 cm³/mol. The molecule has 0 radical (unpaired) electrons. The fourth-order valence-electron chi connectivity index (χ4n) is 7.53. The number of ketones is 3. The smallest absolute Gasteiger partial charge is 0.232 e. The fourth-order valence-corrected chi connectivity index (χ4v) is 7.53. The molecule has 7 aromatic carbocycles. The van der Waals surface area contributed by atoms with E-state index >= 15 is 0 Å². The van der Waals surface area contributed by atoms with Crippen molar-refractivity contribution in [2.45, 2.75) is 12.2 Å². The lowest BCUT2D eigenvalue weighted by Crippen LogP contribution is -2.12. The van der Waals surface area contributed by atoms with Gasteiger partial charge < -0.3 is 24.0 Å². The van der Waals surface area contributed by atoms with Crippen molar-refractivity contribution < 1.29 is 28.6 Å². The van der Waals surface area contributed by atoms with Crippen LogP contribution in [0.4, 0.5) is 34.1 Å². The zero-order valence-electron chi connectivity index (χ0n) is 36.2. The number of carbonyl (C=O) groups is 3. The van der Waals surface area contributed by atoms with Gasteiger partial charge in [0.25, 0.3) is 0 Å². The highest BCUT2D eigenvalue weighted by Gasteiger charge is 2.26. The van der Waals surface area contributed by atoms with Crippen molar-refractivity contribution in [2.24, 2.45) is 0 Å². The van der Waals surface area contributed by atoms with Crippen LogP contribution in [0.1, 0.15) is 55.9 Å². The van der Waals surface area contributed by atoms with Gasteiger partial charge in [-0.15, -0.1) is 0 Å². The van der Waals surface area contributed by atoms with Crippen LogP contribution < -0.4 is 14.5 Å². The van der Waals surface area contributed by atoms with Crippen LogP contribution in [0.25, 0.3) is 24.3 Å². The Kier molecular flexibility index (Phi) is 12.9. The van der Waals surface area contributed by atoms with Crippen molar-refractivity contribution >= 4 is 75.8 Å². The van der Waals surface area contributed by atoms with E-state index < -0.39 is 11.6 Å². The molecule has 2 aliphatic rings. The van der Waals surface area contributed by atoms with Crippen LogP contribution in [0.2, 0.25) is 0 Å². The summed E-state index contributed by atoms with van der Waals surface area (Å²) >= 11 is 0. The number of hydrogen-bond donors (Lipinski definition) is 0. The van der Waals surface area contributed by atoms with E-state index in [0.29, 0.717) is 11.3 Å². The molecule has 7 aromatic rings. The van der Waals surface area contributed by atoms with E-state index in [0.717, 1.165) is 86.8 Å². The van der Waals surface area contributed by atoms with E-state index in [9.17, 15) is 14.4 Å². The van der Waals surface area contributed by atoms with E-state index in [1.807, 2.05) is 36.4 Å². The van der Waals surface area contributed by atoms with Gasteiger partial charge in [0.1, 0.15) is 18.0 Å². The maximum atomic E-state index is 12.5. The Morgan fingerprint density at radius 1 is 0.470 bits per heavy atom. The molecule has 0 spiro atoms. The number of ether oxygens (including phenoxy) is 3. The van der Waals surface area contributed by atoms with Gasteiger partial charge in [-0.3, -0.25) is 14.4 Å². The maximum Gasteiger partial charge on any atom is 0.232 e. The first-order valence-electron chi connectivity index (χ1n) is 21.7. The van der Waals surface area contributed by atoms with Crippen LogP contribution in [-0.4, -0.2) is 37.2 Å². The van der Waals surface area contributed by atoms with Crippen LogP contribution in [0.15, 0.2) is 195 Å². The highest BCUT2D eigenvalue weighted by molar-refractivity contribution is 6.47. The summed E-state index contributed by atoms with van der Waals surface area (Å²) in [6.07, 6.45) is 11.0. The van der Waals surface area contributed by atoms with Crippen molar-refractivity contribution in [2.75, 3.05) is 29.6 Å². The van der Waals surface area contributed by atoms with Gasteiger partial charge in [0.05, 0.1) is 13.2 Å². The van der Waals surface area contributed by atoms with Crippen LogP contribution in [0.5, 0.6) is 5.75 Å². The Balaban J connectivity index is 0.865. The van der Waals surface area contributed by atoms with E-state index in [-0.39, 0.29) is 24.6 Å². The Morgan fingerprint density at radius 3 is 1.12 bits per heavy atom. The van der Waals surface area contributed by atoms with E-state index in [1.165, 1.54) is 6.08 Å². The molecule has 2 atom stereocenters.